The molecule has 0 saturated heterocycles. The number of carboxylic acid groups (broad SMARTS) is 1. The van der Waals surface area contributed by atoms with Crippen molar-refractivity contribution >= 4 is 65.0 Å². The fraction of sp³-hybridized carbons (Fsp3) is 0.122. The molecule has 8 N–H and O–H groups in total. The lowest BCUT2D eigenvalue weighted by molar-refractivity contribution is -0.118. The number of anilines is 4. The van der Waals surface area contributed by atoms with Crippen LogP contribution >= 0.6 is 0 Å². The van der Waals surface area contributed by atoms with Crippen LogP contribution in [0.25, 0.3) is 0 Å². The summed E-state index contributed by atoms with van der Waals surface area (Å²) in [6.45, 7) is 4.92. The Bertz CT molecular complexity index is 2400. The summed E-state index contributed by atoms with van der Waals surface area (Å²) in [7, 11) is 2.35. The highest BCUT2D eigenvalue weighted by Crippen LogP contribution is 2.40. The lowest BCUT2D eigenvalue weighted by Crippen LogP contribution is -2.43. The molecule has 302 valence electrons. The van der Waals surface area contributed by atoms with E-state index in [9.17, 15) is 49.3 Å². The fourth-order valence-corrected chi connectivity index (χ4v) is 5.23. The summed E-state index contributed by atoms with van der Waals surface area (Å²) in [5.74, 6) is -6.68. The third-order valence-electron chi connectivity index (χ3n) is 8.28. The SMILES string of the molecule is C=N/C=C\C=C(/C)C(=O)Nc1ccc(C(=O)NC(CC#N)C(=O)Nc2ccc(C(=O)Nc3ccc(C(=O)Nc4ccc(C(=O)O)c(O)c4OC)c(O)c3OC)cc2)cc1. The number of hydrogen-bond donors (Lipinski definition) is 8. The number of aromatic carboxylic acids is 1. The van der Waals surface area contributed by atoms with Crippen molar-refractivity contribution in [2.24, 2.45) is 4.99 Å². The Labute approximate surface area is 336 Å². The second kappa shape index (κ2) is 19.9. The first-order chi connectivity index (χ1) is 28.2. The first kappa shape index (κ1) is 43.3. The normalized spacial score (nSPS) is 11.3. The molecule has 59 heavy (non-hydrogen) atoms. The van der Waals surface area contributed by atoms with Crippen LogP contribution in [0.5, 0.6) is 23.0 Å². The van der Waals surface area contributed by atoms with Gasteiger partial charge in [-0.1, -0.05) is 6.08 Å². The minimum Gasteiger partial charge on any atom is -0.504 e. The van der Waals surface area contributed by atoms with Crippen molar-refractivity contribution in [3.05, 3.63) is 119 Å². The van der Waals surface area contributed by atoms with Gasteiger partial charge < -0.3 is 51.4 Å². The summed E-state index contributed by atoms with van der Waals surface area (Å²) < 4.78 is 10.3. The van der Waals surface area contributed by atoms with Gasteiger partial charge >= 0.3 is 5.97 Å². The number of benzene rings is 4. The molecular formula is C41H37N7O11. The van der Waals surface area contributed by atoms with Gasteiger partial charge in [0.05, 0.1) is 43.6 Å². The summed E-state index contributed by atoms with van der Waals surface area (Å²) in [5.41, 5.74) is 0.448. The van der Waals surface area contributed by atoms with Gasteiger partial charge in [-0.3, -0.25) is 29.0 Å². The molecule has 4 aromatic rings. The smallest absolute Gasteiger partial charge is 0.339 e. The van der Waals surface area contributed by atoms with Crippen LogP contribution in [0.3, 0.4) is 0 Å². The van der Waals surface area contributed by atoms with Crippen LogP contribution in [-0.2, 0) is 9.59 Å². The lowest BCUT2D eigenvalue weighted by Gasteiger charge is -2.17. The summed E-state index contributed by atoms with van der Waals surface area (Å²) in [4.78, 5) is 79.6. The van der Waals surface area contributed by atoms with Gasteiger partial charge in [-0.05, 0) is 92.5 Å². The molecule has 4 rings (SSSR count). The van der Waals surface area contributed by atoms with Crippen molar-refractivity contribution in [1.82, 2.24) is 5.32 Å². The number of nitrogens with zero attached hydrogens (tertiary/aromatic N) is 2. The molecule has 5 amide bonds. The van der Waals surface area contributed by atoms with Crippen molar-refractivity contribution in [1.29, 1.82) is 5.26 Å². The molecule has 0 fully saturated rings. The largest absolute Gasteiger partial charge is 0.504 e. The molecular weight excluding hydrogens is 766 g/mol. The molecule has 0 spiro atoms. The number of phenols is 2. The third-order valence-corrected chi connectivity index (χ3v) is 8.28. The van der Waals surface area contributed by atoms with Crippen molar-refractivity contribution in [2.45, 2.75) is 19.4 Å². The molecule has 0 aliphatic heterocycles. The van der Waals surface area contributed by atoms with E-state index in [1.54, 1.807) is 19.1 Å². The number of rotatable bonds is 16. The van der Waals surface area contributed by atoms with Crippen molar-refractivity contribution in [3.63, 3.8) is 0 Å². The number of carboxylic acids is 1. The molecule has 0 aromatic heterocycles. The zero-order chi connectivity index (χ0) is 43.2. The van der Waals surface area contributed by atoms with E-state index < -0.39 is 52.7 Å². The molecule has 18 heteroatoms. The highest BCUT2D eigenvalue weighted by atomic mass is 16.5. The Morgan fingerprint density at radius 3 is 1.78 bits per heavy atom. The zero-order valence-electron chi connectivity index (χ0n) is 31.7. The predicted octanol–water partition coefficient (Wildman–Crippen LogP) is 5.07. The van der Waals surface area contributed by atoms with Crippen LogP contribution in [0.1, 0.15) is 54.8 Å². The molecule has 0 saturated carbocycles. The van der Waals surface area contributed by atoms with E-state index >= 15 is 0 Å². The van der Waals surface area contributed by atoms with Gasteiger partial charge in [0.2, 0.25) is 5.91 Å². The van der Waals surface area contributed by atoms with Gasteiger partial charge in [0.1, 0.15) is 11.6 Å². The van der Waals surface area contributed by atoms with E-state index in [2.05, 4.69) is 38.3 Å². The average molecular weight is 804 g/mol. The van der Waals surface area contributed by atoms with E-state index in [1.165, 1.54) is 80.0 Å². The average Bonchev–Trinajstić information content (AvgIpc) is 3.21. The molecule has 1 atom stereocenters. The Hall–Kier alpha value is -8.46. The van der Waals surface area contributed by atoms with Crippen LogP contribution in [0.2, 0.25) is 0 Å². The maximum Gasteiger partial charge on any atom is 0.339 e. The number of nitriles is 1. The molecule has 4 aromatic carbocycles. The summed E-state index contributed by atoms with van der Waals surface area (Å²) in [5, 5.41) is 52.6. The van der Waals surface area contributed by atoms with Crippen LogP contribution < -0.4 is 36.1 Å². The molecule has 1 unspecified atom stereocenters. The number of ether oxygens (including phenoxy) is 2. The molecule has 0 radical (unpaired) electrons. The van der Waals surface area contributed by atoms with E-state index in [4.69, 9.17) is 9.47 Å². The number of allylic oxidation sites excluding steroid dienone is 2. The zero-order valence-corrected chi connectivity index (χ0v) is 31.7. The van der Waals surface area contributed by atoms with E-state index in [1.807, 2.05) is 6.07 Å². The Morgan fingerprint density at radius 2 is 1.25 bits per heavy atom. The number of phenolic OH excluding ortho intramolecular Hbond substituents is 1. The second-order valence-electron chi connectivity index (χ2n) is 12.2. The van der Waals surface area contributed by atoms with Crippen molar-refractivity contribution in [3.8, 4) is 29.1 Å². The minimum absolute atomic E-state index is 0.0165. The summed E-state index contributed by atoms with van der Waals surface area (Å²) in [6, 6.07) is 16.8. The Balaban J connectivity index is 1.39. The van der Waals surface area contributed by atoms with Crippen LogP contribution in [0.15, 0.2) is 102 Å². The van der Waals surface area contributed by atoms with Gasteiger partial charge in [-0.25, -0.2) is 4.79 Å². The minimum atomic E-state index is -1.42. The second-order valence-corrected chi connectivity index (χ2v) is 12.2. The fourth-order valence-electron chi connectivity index (χ4n) is 5.23. The number of methoxy groups -OCH3 is 2. The van der Waals surface area contributed by atoms with Crippen LogP contribution in [0, 0.1) is 11.3 Å². The monoisotopic (exact) mass is 803 g/mol. The molecule has 18 nitrogen and oxygen atoms in total. The Morgan fingerprint density at radius 1 is 0.746 bits per heavy atom. The third kappa shape index (κ3) is 10.9. The topological polar surface area (TPSA) is 278 Å². The molecule has 0 aliphatic rings. The predicted molar refractivity (Wildman–Crippen MR) is 216 cm³/mol. The number of aromatic hydroxyl groups is 2. The quantitative estimate of drug-likeness (QED) is 0.0419. The van der Waals surface area contributed by atoms with Gasteiger partial charge in [-0.15, -0.1) is 0 Å². The van der Waals surface area contributed by atoms with Crippen LogP contribution in [-0.4, -0.2) is 77.8 Å². The van der Waals surface area contributed by atoms with Gasteiger partial charge in [0.15, 0.2) is 23.0 Å². The van der Waals surface area contributed by atoms with Gasteiger partial charge in [0.25, 0.3) is 23.6 Å². The van der Waals surface area contributed by atoms with Gasteiger partial charge in [-0.2, -0.15) is 5.26 Å². The van der Waals surface area contributed by atoms with E-state index in [0.29, 0.717) is 11.3 Å². The summed E-state index contributed by atoms with van der Waals surface area (Å²) in [6.07, 6.45) is 4.18. The number of carbonyl (C=O) groups excluding carboxylic acids is 5. The number of aliphatic imine (C=N–C) groups is 1. The highest BCUT2D eigenvalue weighted by Gasteiger charge is 2.25. The van der Waals surface area contributed by atoms with Crippen molar-refractivity contribution < 1.29 is 53.6 Å². The molecule has 0 bridgehead atoms. The number of amides is 5. The first-order valence-electron chi connectivity index (χ1n) is 17.2. The number of hydrogen-bond acceptors (Lipinski definition) is 12. The van der Waals surface area contributed by atoms with Crippen molar-refractivity contribution in [2.75, 3.05) is 35.5 Å². The van der Waals surface area contributed by atoms with E-state index in [-0.39, 0.29) is 57.6 Å². The van der Waals surface area contributed by atoms with Crippen LogP contribution in [0.4, 0.5) is 22.7 Å². The molecule has 0 aliphatic carbocycles. The summed E-state index contributed by atoms with van der Waals surface area (Å²) >= 11 is 0. The number of nitrogens with one attached hydrogen (secondary N) is 5. The van der Waals surface area contributed by atoms with Gasteiger partial charge in [0, 0.05) is 34.3 Å². The first-order valence-corrected chi connectivity index (χ1v) is 17.2. The maximum absolute atomic E-state index is 13.2. The van der Waals surface area contributed by atoms with E-state index in [0.717, 1.165) is 13.2 Å². The maximum atomic E-state index is 13.2. The number of carbonyl (C=O) groups is 6. The lowest BCUT2D eigenvalue weighted by atomic mass is 10.1. The Kier molecular flexibility index (Phi) is 14.6. The standard InChI is InChI=1S/C41H37N7O11/c1-22(6-5-21-43-2)36(51)44-25-11-7-24(8-12-25)38(53)48-31(19-20-42)40(55)45-26-13-9-23(10-14-26)37(52)46-29-17-15-27(32(49)34(29)58-3)39(54)47-30-18-16-28(41(56)57)33(50)35(30)59-4/h5-18,21,31,49-50H,2,19H2,1,3-4H3,(H,44,51)(H,45,55)(H,46,52)(H,47,54)(H,48,53)(H,56,57)/b21-5-,22-6+. The highest BCUT2D eigenvalue weighted by molar-refractivity contribution is 6.10. The molecule has 0 heterocycles.